The molecule has 0 bridgehead atoms. The van der Waals surface area contributed by atoms with Crippen molar-refractivity contribution >= 4 is 28.6 Å². The molecule has 29 heavy (non-hydrogen) atoms. The molecule has 1 N–H and O–H groups in total. The lowest BCUT2D eigenvalue weighted by Gasteiger charge is -2.25. The molecule has 1 aromatic heterocycles. The Kier molecular flexibility index (Phi) is 5.24. The first kappa shape index (κ1) is 19.4. The summed E-state index contributed by atoms with van der Waals surface area (Å²) in [4.78, 5) is 24.9. The average Bonchev–Trinajstić information content (AvgIpc) is 2.99. The Hall–Kier alpha value is -2.93. The van der Waals surface area contributed by atoms with Crippen molar-refractivity contribution in [2.24, 2.45) is 5.92 Å². The second-order valence-corrected chi connectivity index (χ2v) is 7.69. The lowest BCUT2D eigenvalue weighted by molar-refractivity contribution is -0.122. The number of carbonyl (C=O) groups is 1. The second-order valence-electron chi connectivity index (χ2n) is 7.26. The number of halogens is 1. The monoisotopic (exact) mass is 416 g/mol. The first-order valence-electron chi connectivity index (χ1n) is 9.40. The van der Waals surface area contributed by atoms with Crippen molar-refractivity contribution in [2.45, 2.75) is 26.4 Å². The molecule has 1 atom stereocenters. The summed E-state index contributed by atoms with van der Waals surface area (Å²) in [7, 11) is 0. The summed E-state index contributed by atoms with van der Waals surface area (Å²) in [5, 5.41) is 3.48. The number of nitrogens with one attached hydrogen (secondary N) is 1. The van der Waals surface area contributed by atoms with Crippen molar-refractivity contribution in [3.05, 3.63) is 57.5 Å². The predicted molar refractivity (Wildman–Crippen MR) is 109 cm³/mol. The Bertz CT molecular complexity index is 1120. The molecule has 1 amide bonds. The van der Waals surface area contributed by atoms with Gasteiger partial charge in [0.2, 0.25) is 5.91 Å². The minimum Gasteiger partial charge on any atom is -0.486 e. The van der Waals surface area contributed by atoms with Gasteiger partial charge in [-0.3, -0.25) is 9.36 Å². The molecule has 0 saturated heterocycles. The summed E-state index contributed by atoms with van der Waals surface area (Å²) in [6, 6.07) is 10.3. The fraction of sp³-hybridized carbons (Fsp3) is 0.333. The lowest BCUT2D eigenvalue weighted by atomic mass is 9.95. The molecule has 7 nitrogen and oxygen atoms in total. The van der Waals surface area contributed by atoms with Crippen molar-refractivity contribution < 1.29 is 18.7 Å². The SMILES string of the molecule is CC(C)[C@@H](NC(=O)Cn1c(=O)oc2cc(Cl)ccc21)c1ccc2c(c1)OCCO2. The van der Waals surface area contributed by atoms with Crippen LogP contribution in [0.25, 0.3) is 11.1 Å². The summed E-state index contributed by atoms with van der Waals surface area (Å²) in [6.07, 6.45) is 0. The van der Waals surface area contributed by atoms with Crippen LogP contribution in [0.2, 0.25) is 5.02 Å². The fourth-order valence-corrected chi connectivity index (χ4v) is 3.60. The number of aromatic nitrogens is 1. The number of fused-ring (bicyclic) bond motifs is 2. The van der Waals surface area contributed by atoms with Gasteiger partial charge in [0.1, 0.15) is 19.8 Å². The van der Waals surface area contributed by atoms with E-state index in [-0.39, 0.29) is 24.4 Å². The summed E-state index contributed by atoms with van der Waals surface area (Å²) in [5.74, 6) is 0.598. The minimum absolute atomic E-state index is 0.123. The van der Waals surface area contributed by atoms with Crippen molar-refractivity contribution in [2.75, 3.05) is 13.2 Å². The van der Waals surface area contributed by atoms with Gasteiger partial charge in [0.05, 0.1) is 11.6 Å². The molecule has 0 radical (unpaired) electrons. The molecule has 2 heterocycles. The molecule has 0 unspecified atom stereocenters. The normalized spacial score (nSPS) is 14.2. The van der Waals surface area contributed by atoms with Gasteiger partial charge in [-0.15, -0.1) is 0 Å². The van der Waals surface area contributed by atoms with E-state index in [2.05, 4.69) is 5.32 Å². The van der Waals surface area contributed by atoms with Crippen molar-refractivity contribution in [3.63, 3.8) is 0 Å². The number of ether oxygens (including phenoxy) is 2. The van der Waals surface area contributed by atoms with E-state index in [1.54, 1.807) is 18.2 Å². The third-order valence-electron chi connectivity index (χ3n) is 4.84. The van der Waals surface area contributed by atoms with Crippen LogP contribution in [-0.4, -0.2) is 23.7 Å². The van der Waals surface area contributed by atoms with E-state index in [4.69, 9.17) is 25.5 Å². The molecule has 0 saturated carbocycles. The highest BCUT2D eigenvalue weighted by atomic mass is 35.5. The lowest BCUT2D eigenvalue weighted by Crippen LogP contribution is -2.36. The Labute approximate surface area is 172 Å². The van der Waals surface area contributed by atoms with Gasteiger partial charge in [-0.1, -0.05) is 31.5 Å². The van der Waals surface area contributed by atoms with Gasteiger partial charge in [0.25, 0.3) is 0 Å². The average molecular weight is 417 g/mol. The van der Waals surface area contributed by atoms with E-state index in [9.17, 15) is 9.59 Å². The topological polar surface area (TPSA) is 82.7 Å². The Morgan fingerprint density at radius 2 is 1.90 bits per heavy atom. The Morgan fingerprint density at radius 3 is 2.66 bits per heavy atom. The Morgan fingerprint density at radius 1 is 1.14 bits per heavy atom. The summed E-state index contributed by atoms with van der Waals surface area (Å²) < 4.78 is 17.7. The van der Waals surface area contributed by atoms with Gasteiger partial charge in [-0.25, -0.2) is 4.79 Å². The maximum Gasteiger partial charge on any atom is 0.420 e. The molecule has 3 aromatic rings. The molecule has 0 spiro atoms. The van der Waals surface area contributed by atoms with Gasteiger partial charge >= 0.3 is 5.76 Å². The molecule has 2 aromatic carbocycles. The van der Waals surface area contributed by atoms with Gasteiger partial charge in [0.15, 0.2) is 17.1 Å². The van der Waals surface area contributed by atoms with E-state index < -0.39 is 5.76 Å². The Balaban J connectivity index is 1.56. The molecule has 0 fully saturated rings. The number of carbonyl (C=O) groups excluding carboxylic acids is 1. The number of benzene rings is 2. The van der Waals surface area contributed by atoms with Gasteiger partial charge in [-0.2, -0.15) is 0 Å². The third kappa shape index (κ3) is 3.96. The standard InChI is InChI=1S/C21H21ClN2O5/c1-12(2)20(13-3-6-16-18(9-13)28-8-7-27-16)23-19(25)11-24-15-5-4-14(22)10-17(15)29-21(24)26/h3-6,9-10,12,20H,7-8,11H2,1-2H3,(H,23,25)/t20-/m1/s1. The van der Waals surface area contributed by atoms with Crippen LogP contribution in [0.1, 0.15) is 25.5 Å². The quantitative estimate of drug-likeness (QED) is 0.688. The van der Waals surface area contributed by atoms with E-state index in [1.807, 2.05) is 32.0 Å². The van der Waals surface area contributed by atoms with Crippen molar-refractivity contribution in [3.8, 4) is 11.5 Å². The van der Waals surface area contributed by atoms with Crippen LogP contribution in [-0.2, 0) is 11.3 Å². The van der Waals surface area contributed by atoms with Crippen molar-refractivity contribution in [1.82, 2.24) is 9.88 Å². The molecule has 1 aliphatic heterocycles. The van der Waals surface area contributed by atoms with E-state index in [0.29, 0.717) is 40.8 Å². The molecule has 1 aliphatic rings. The van der Waals surface area contributed by atoms with Crippen LogP contribution < -0.4 is 20.5 Å². The number of nitrogens with zero attached hydrogens (tertiary/aromatic N) is 1. The van der Waals surface area contributed by atoms with Gasteiger partial charge in [0, 0.05) is 11.1 Å². The van der Waals surface area contributed by atoms with Crippen LogP contribution in [0.15, 0.2) is 45.6 Å². The molecule has 8 heteroatoms. The van der Waals surface area contributed by atoms with E-state index >= 15 is 0 Å². The number of amides is 1. The van der Waals surface area contributed by atoms with Crippen molar-refractivity contribution in [1.29, 1.82) is 0 Å². The first-order valence-corrected chi connectivity index (χ1v) is 9.78. The molecule has 4 rings (SSSR count). The van der Waals surface area contributed by atoms with Crippen LogP contribution in [0.4, 0.5) is 0 Å². The van der Waals surface area contributed by atoms with E-state index in [0.717, 1.165) is 5.56 Å². The number of hydrogen-bond acceptors (Lipinski definition) is 5. The highest BCUT2D eigenvalue weighted by Gasteiger charge is 2.22. The highest BCUT2D eigenvalue weighted by molar-refractivity contribution is 6.31. The van der Waals surface area contributed by atoms with Gasteiger partial charge < -0.3 is 19.2 Å². The maximum atomic E-state index is 12.8. The molecule has 152 valence electrons. The number of rotatable bonds is 5. The number of oxazole rings is 1. The fourth-order valence-electron chi connectivity index (χ4n) is 3.44. The van der Waals surface area contributed by atoms with Crippen LogP contribution in [0, 0.1) is 5.92 Å². The summed E-state index contributed by atoms with van der Waals surface area (Å²) in [5.41, 5.74) is 1.78. The molecular formula is C21H21ClN2O5. The van der Waals surface area contributed by atoms with Crippen LogP contribution in [0.3, 0.4) is 0 Å². The van der Waals surface area contributed by atoms with Crippen LogP contribution >= 0.6 is 11.6 Å². The van der Waals surface area contributed by atoms with Gasteiger partial charge in [-0.05, 0) is 35.7 Å². The smallest absolute Gasteiger partial charge is 0.420 e. The van der Waals surface area contributed by atoms with Crippen LogP contribution in [0.5, 0.6) is 11.5 Å². The first-order chi connectivity index (χ1) is 13.9. The summed E-state index contributed by atoms with van der Waals surface area (Å²) >= 11 is 5.94. The third-order valence-corrected chi connectivity index (χ3v) is 5.08. The second kappa shape index (κ2) is 7.83. The highest BCUT2D eigenvalue weighted by Crippen LogP contribution is 2.34. The molecular weight excluding hydrogens is 396 g/mol. The minimum atomic E-state index is -0.599. The summed E-state index contributed by atoms with van der Waals surface area (Å²) in [6.45, 7) is 4.90. The predicted octanol–water partition coefficient (Wildman–Crippen LogP) is 3.53. The largest absolute Gasteiger partial charge is 0.486 e. The zero-order chi connectivity index (χ0) is 20.5. The zero-order valence-corrected chi connectivity index (χ0v) is 16.9. The zero-order valence-electron chi connectivity index (χ0n) is 16.1. The maximum absolute atomic E-state index is 12.8. The number of hydrogen-bond donors (Lipinski definition) is 1. The molecule has 0 aliphatic carbocycles. The van der Waals surface area contributed by atoms with E-state index in [1.165, 1.54) is 4.57 Å².